The third-order valence-corrected chi connectivity index (χ3v) is 3.10. The van der Waals surface area contributed by atoms with Crippen LogP contribution in [-0.2, 0) is 6.18 Å². The number of benzene rings is 1. The maximum Gasteiger partial charge on any atom is 0.417 e. The molecule has 1 aromatic heterocycles. The zero-order valence-electron chi connectivity index (χ0n) is 9.37. The molecule has 94 valence electrons. The lowest BCUT2D eigenvalue weighted by molar-refractivity contribution is -0.137. The number of hydrogen-bond acceptors (Lipinski definition) is 2. The topological polar surface area (TPSA) is 26.0 Å². The molecule has 1 heterocycles. The highest BCUT2D eigenvalue weighted by Crippen LogP contribution is 2.46. The second-order valence-corrected chi connectivity index (χ2v) is 4.44. The van der Waals surface area contributed by atoms with Crippen LogP contribution in [0.3, 0.4) is 0 Å². The summed E-state index contributed by atoms with van der Waals surface area (Å²) in [4.78, 5) is 0. The molecule has 0 aliphatic heterocycles. The fourth-order valence-corrected chi connectivity index (χ4v) is 2.07. The summed E-state index contributed by atoms with van der Waals surface area (Å²) in [5.41, 5.74) is 0.540. The lowest BCUT2D eigenvalue weighted by Gasteiger charge is -2.11. The maximum atomic E-state index is 12.9. The van der Waals surface area contributed by atoms with Gasteiger partial charge in [0.15, 0.2) is 0 Å². The summed E-state index contributed by atoms with van der Waals surface area (Å²) in [7, 11) is 0. The van der Waals surface area contributed by atoms with Gasteiger partial charge < -0.3 is 4.52 Å². The van der Waals surface area contributed by atoms with Crippen LogP contribution in [0.15, 0.2) is 35.1 Å². The van der Waals surface area contributed by atoms with Crippen LogP contribution in [0, 0.1) is 0 Å². The van der Waals surface area contributed by atoms with Crippen LogP contribution in [0.5, 0.6) is 0 Å². The highest BCUT2D eigenvalue weighted by molar-refractivity contribution is 5.68. The van der Waals surface area contributed by atoms with Crippen LogP contribution in [0.25, 0.3) is 11.3 Å². The maximum absolute atomic E-state index is 12.9. The summed E-state index contributed by atoms with van der Waals surface area (Å²) in [6.07, 6.45) is -0.943. The molecule has 0 spiro atoms. The van der Waals surface area contributed by atoms with Crippen molar-refractivity contribution in [2.24, 2.45) is 0 Å². The molecule has 1 saturated carbocycles. The largest absolute Gasteiger partial charge is 0.417 e. The Morgan fingerprint density at radius 1 is 1.17 bits per heavy atom. The SMILES string of the molecule is FC(F)(F)c1ccccc1-c1nocc1C1CC1. The van der Waals surface area contributed by atoms with Gasteiger partial charge in [0, 0.05) is 11.1 Å². The molecule has 18 heavy (non-hydrogen) atoms. The Labute approximate surface area is 101 Å². The minimum Gasteiger partial charge on any atom is -0.364 e. The van der Waals surface area contributed by atoms with Gasteiger partial charge >= 0.3 is 6.18 Å². The van der Waals surface area contributed by atoms with Crippen molar-refractivity contribution in [3.8, 4) is 11.3 Å². The van der Waals surface area contributed by atoms with Crippen molar-refractivity contribution < 1.29 is 17.7 Å². The molecule has 2 nitrogen and oxygen atoms in total. The molecule has 1 aliphatic rings. The number of aromatic nitrogens is 1. The van der Waals surface area contributed by atoms with Gasteiger partial charge in [0.1, 0.15) is 12.0 Å². The second-order valence-electron chi connectivity index (χ2n) is 4.44. The predicted molar refractivity (Wildman–Crippen MR) is 58.9 cm³/mol. The molecule has 1 fully saturated rings. The summed E-state index contributed by atoms with van der Waals surface area (Å²) in [6, 6.07) is 5.46. The van der Waals surface area contributed by atoms with Crippen molar-refractivity contribution in [3.05, 3.63) is 41.7 Å². The Hall–Kier alpha value is -1.78. The minimum atomic E-state index is -4.38. The second kappa shape index (κ2) is 3.86. The van der Waals surface area contributed by atoms with Gasteiger partial charge in [0.2, 0.25) is 0 Å². The Balaban J connectivity index is 2.14. The normalized spacial score (nSPS) is 15.9. The highest BCUT2D eigenvalue weighted by atomic mass is 19.4. The quantitative estimate of drug-likeness (QED) is 0.800. The number of nitrogens with zero attached hydrogens (tertiary/aromatic N) is 1. The van der Waals surface area contributed by atoms with Gasteiger partial charge in [0.05, 0.1) is 5.56 Å². The highest BCUT2D eigenvalue weighted by Gasteiger charge is 2.36. The summed E-state index contributed by atoms with van der Waals surface area (Å²) < 4.78 is 43.6. The molecule has 2 aromatic rings. The molecule has 0 saturated heterocycles. The van der Waals surface area contributed by atoms with Crippen LogP contribution in [0.4, 0.5) is 13.2 Å². The van der Waals surface area contributed by atoms with Crippen molar-refractivity contribution in [3.63, 3.8) is 0 Å². The molecule has 1 aliphatic carbocycles. The van der Waals surface area contributed by atoms with Gasteiger partial charge in [-0.15, -0.1) is 0 Å². The van der Waals surface area contributed by atoms with E-state index in [9.17, 15) is 13.2 Å². The Morgan fingerprint density at radius 3 is 2.56 bits per heavy atom. The van der Waals surface area contributed by atoms with E-state index in [0.29, 0.717) is 11.6 Å². The fraction of sp³-hybridized carbons (Fsp3) is 0.308. The van der Waals surface area contributed by atoms with Crippen molar-refractivity contribution in [2.45, 2.75) is 24.9 Å². The van der Waals surface area contributed by atoms with Crippen LogP contribution >= 0.6 is 0 Å². The summed E-state index contributed by atoms with van der Waals surface area (Å²) in [6.45, 7) is 0. The van der Waals surface area contributed by atoms with Crippen LogP contribution < -0.4 is 0 Å². The molecule has 3 rings (SSSR count). The monoisotopic (exact) mass is 253 g/mol. The van der Waals surface area contributed by atoms with Crippen molar-refractivity contribution in [1.82, 2.24) is 5.16 Å². The summed E-state index contributed by atoms with van der Waals surface area (Å²) in [5.74, 6) is 0.299. The third kappa shape index (κ3) is 1.89. The fourth-order valence-electron chi connectivity index (χ4n) is 2.07. The van der Waals surface area contributed by atoms with Gasteiger partial charge in [-0.2, -0.15) is 13.2 Å². The number of hydrogen-bond donors (Lipinski definition) is 0. The van der Waals surface area contributed by atoms with Gasteiger partial charge in [-0.05, 0) is 24.8 Å². The molecule has 1 aromatic carbocycles. The molecular formula is C13H10F3NO. The first kappa shape index (κ1) is 11.3. The van der Waals surface area contributed by atoms with E-state index in [4.69, 9.17) is 4.52 Å². The van der Waals surface area contributed by atoms with Gasteiger partial charge in [-0.3, -0.25) is 0 Å². The average Bonchev–Trinajstić information content (AvgIpc) is 3.06. The molecule has 5 heteroatoms. The number of rotatable bonds is 2. The van der Waals surface area contributed by atoms with E-state index in [2.05, 4.69) is 5.16 Å². The minimum absolute atomic E-state index is 0.0978. The zero-order chi connectivity index (χ0) is 12.8. The predicted octanol–water partition coefficient (Wildman–Crippen LogP) is 4.24. The first-order valence-electron chi connectivity index (χ1n) is 5.68. The Bertz CT molecular complexity index is 570. The molecule has 0 N–H and O–H groups in total. The molecule has 0 atom stereocenters. The summed E-state index contributed by atoms with van der Waals surface area (Å²) in [5, 5.41) is 3.75. The third-order valence-electron chi connectivity index (χ3n) is 3.10. The van der Waals surface area contributed by atoms with Crippen LogP contribution in [0.1, 0.15) is 29.9 Å². The van der Waals surface area contributed by atoms with Crippen LogP contribution in [-0.4, -0.2) is 5.16 Å². The van der Waals surface area contributed by atoms with Crippen LogP contribution in [0.2, 0.25) is 0 Å². The number of halogens is 3. The van der Waals surface area contributed by atoms with E-state index in [0.717, 1.165) is 24.5 Å². The first-order chi connectivity index (χ1) is 8.57. The van der Waals surface area contributed by atoms with Gasteiger partial charge in [-0.25, -0.2) is 0 Å². The van der Waals surface area contributed by atoms with E-state index in [-0.39, 0.29) is 5.56 Å². The van der Waals surface area contributed by atoms with E-state index >= 15 is 0 Å². The van der Waals surface area contributed by atoms with E-state index in [1.165, 1.54) is 18.4 Å². The van der Waals surface area contributed by atoms with E-state index in [1.807, 2.05) is 0 Å². The average molecular weight is 253 g/mol. The number of alkyl halides is 3. The lowest BCUT2D eigenvalue weighted by Crippen LogP contribution is -2.07. The molecule has 0 bridgehead atoms. The lowest BCUT2D eigenvalue weighted by atomic mass is 10.00. The Morgan fingerprint density at radius 2 is 1.89 bits per heavy atom. The zero-order valence-corrected chi connectivity index (χ0v) is 9.37. The molecule has 0 amide bonds. The van der Waals surface area contributed by atoms with Crippen molar-refractivity contribution >= 4 is 0 Å². The molecular weight excluding hydrogens is 243 g/mol. The Kier molecular flexibility index (Phi) is 2.43. The smallest absolute Gasteiger partial charge is 0.364 e. The van der Waals surface area contributed by atoms with E-state index in [1.54, 1.807) is 6.07 Å². The van der Waals surface area contributed by atoms with Gasteiger partial charge in [0.25, 0.3) is 0 Å². The first-order valence-corrected chi connectivity index (χ1v) is 5.68. The summed E-state index contributed by atoms with van der Waals surface area (Å²) >= 11 is 0. The van der Waals surface area contributed by atoms with E-state index < -0.39 is 11.7 Å². The van der Waals surface area contributed by atoms with Gasteiger partial charge in [-0.1, -0.05) is 23.4 Å². The molecule has 0 unspecified atom stereocenters. The van der Waals surface area contributed by atoms with Crippen molar-refractivity contribution in [2.75, 3.05) is 0 Å². The standard InChI is InChI=1S/C13H10F3NO/c14-13(15,16)11-4-2-1-3-9(11)12-10(7-18-17-12)8-5-6-8/h1-4,7-8H,5-6H2. The van der Waals surface area contributed by atoms with Crippen molar-refractivity contribution in [1.29, 1.82) is 0 Å². The molecule has 0 radical (unpaired) electrons.